The molecule has 0 amide bonds. The van der Waals surface area contributed by atoms with Crippen LogP contribution in [0.4, 0.5) is 0 Å². The maximum Gasteiger partial charge on any atom is 0.303 e. The maximum absolute atomic E-state index is 11.7. The molecule has 0 radical (unpaired) electrons. The highest BCUT2D eigenvalue weighted by Crippen LogP contribution is 2.45. The number of aliphatic carboxylic acids is 1. The van der Waals surface area contributed by atoms with Crippen molar-refractivity contribution in [1.29, 1.82) is 0 Å². The van der Waals surface area contributed by atoms with E-state index in [2.05, 4.69) is 0 Å². The summed E-state index contributed by atoms with van der Waals surface area (Å²) in [6.07, 6.45) is 12.8. The summed E-state index contributed by atoms with van der Waals surface area (Å²) >= 11 is 6.05. The van der Waals surface area contributed by atoms with Crippen LogP contribution in [-0.2, 0) is 14.3 Å². The zero-order valence-corrected chi connectivity index (χ0v) is 22.1. The summed E-state index contributed by atoms with van der Waals surface area (Å²) in [5, 5.41) is 32.9. The second-order valence-electron chi connectivity index (χ2n) is 10.7. The largest absolute Gasteiger partial charge is 0.488 e. The van der Waals surface area contributed by atoms with Crippen LogP contribution in [0.3, 0.4) is 0 Å². The molecule has 0 aromatic heterocycles. The van der Waals surface area contributed by atoms with E-state index in [4.69, 9.17) is 25.8 Å². The first-order chi connectivity index (χ1) is 17.7. The number of carbonyl (C=O) groups is 1. The predicted octanol–water partition coefficient (Wildman–Crippen LogP) is 5.43. The highest BCUT2D eigenvalue weighted by atomic mass is 35.5. The molecule has 1 saturated heterocycles. The molecule has 204 valence electrons. The van der Waals surface area contributed by atoms with Gasteiger partial charge in [0, 0.05) is 10.9 Å². The van der Waals surface area contributed by atoms with Crippen LogP contribution in [0.25, 0.3) is 0 Å². The molecule has 1 aliphatic heterocycles. The number of rotatable bonds is 12. The number of benzene rings is 1. The first-order valence-electron chi connectivity index (χ1n) is 13.4. The van der Waals surface area contributed by atoms with Crippen LogP contribution in [0.2, 0.25) is 5.02 Å². The molecule has 3 N–H and O–H groups in total. The second-order valence-corrected chi connectivity index (χ2v) is 11.1. The standard InChI is InChI=1S/C29H39ClO7/c30-24-9-7-10-25(20-24)35-21-29(36-16-17-37-29)15-2-1-8-22(27(33)11-3-4-12-27)18-23(19-26(31)32)28(34)13-5-6-14-28/h2,7-10,15,20,23,33-34H,1,3-6,11-14,16-19,21H2,(H,31,32)/b15-2+,22-8-. The van der Waals surface area contributed by atoms with Crippen molar-refractivity contribution in [3.05, 3.63) is 53.1 Å². The van der Waals surface area contributed by atoms with Gasteiger partial charge in [0.2, 0.25) is 5.79 Å². The van der Waals surface area contributed by atoms with Crippen LogP contribution in [-0.4, -0.2) is 58.1 Å². The number of allylic oxidation sites excluding steroid dienone is 2. The lowest BCUT2D eigenvalue weighted by molar-refractivity contribution is -0.141. The molecule has 1 aromatic rings. The number of hydrogen-bond donors (Lipinski definition) is 3. The van der Waals surface area contributed by atoms with Crippen molar-refractivity contribution in [2.75, 3.05) is 19.8 Å². The Morgan fingerprint density at radius 1 is 1.05 bits per heavy atom. The van der Waals surface area contributed by atoms with Crippen LogP contribution in [0.5, 0.6) is 5.75 Å². The van der Waals surface area contributed by atoms with E-state index >= 15 is 0 Å². The van der Waals surface area contributed by atoms with Crippen LogP contribution in [0.1, 0.15) is 70.6 Å². The summed E-state index contributed by atoms with van der Waals surface area (Å²) in [5.74, 6) is -1.73. The van der Waals surface area contributed by atoms with Gasteiger partial charge in [-0.15, -0.1) is 0 Å². The molecule has 0 bridgehead atoms. The minimum Gasteiger partial charge on any atom is -0.488 e. The van der Waals surface area contributed by atoms with Gasteiger partial charge in [-0.1, -0.05) is 55.5 Å². The first kappa shape index (κ1) is 28.1. The Balaban J connectivity index is 1.48. The fourth-order valence-corrected chi connectivity index (χ4v) is 6.15. The molecule has 0 spiro atoms. The third-order valence-corrected chi connectivity index (χ3v) is 8.26. The minimum atomic E-state index is -1.01. The third kappa shape index (κ3) is 7.36. The van der Waals surface area contributed by atoms with Crippen molar-refractivity contribution >= 4 is 17.6 Å². The molecule has 1 aromatic carbocycles. The molecular formula is C29H39ClO7. The molecule has 37 heavy (non-hydrogen) atoms. The Morgan fingerprint density at radius 2 is 1.73 bits per heavy atom. The third-order valence-electron chi connectivity index (χ3n) is 8.03. The Hall–Kier alpha value is -1.90. The normalized spacial score (nSPS) is 23.5. The van der Waals surface area contributed by atoms with Gasteiger partial charge in [0.05, 0.1) is 30.8 Å². The fourth-order valence-electron chi connectivity index (χ4n) is 5.96. The van der Waals surface area contributed by atoms with E-state index in [1.807, 2.05) is 30.4 Å². The van der Waals surface area contributed by atoms with Crippen molar-refractivity contribution in [3.8, 4) is 5.75 Å². The first-order valence-corrected chi connectivity index (χ1v) is 13.8. The summed E-state index contributed by atoms with van der Waals surface area (Å²) < 4.78 is 17.6. The van der Waals surface area contributed by atoms with Crippen molar-refractivity contribution < 1.29 is 34.3 Å². The van der Waals surface area contributed by atoms with E-state index in [1.165, 1.54) is 0 Å². The van der Waals surface area contributed by atoms with Gasteiger partial charge in [-0.3, -0.25) is 4.79 Å². The van der Waals surface area contributed by atoms with E-state index in [-0.39, 0.29) is 13.0 Å². The number of carboxylic acid groups (broad SMARTS) is 1. The zero-order valence-electron chi connectivity index (χ0n) is 21.4. The van der Waals surface area contributed by atoms with Gasteiger partial charge in [0.1, 0.15) is 12.4 Å². The van der Waals surface area contributed by atoms with Gasteiger partial charge in [-0.05, 0) is 68.4 Å². The number of halogens is 1. The number of hydrogen-bond acceptors (Lipinski definition) is 6. The number of aliphatic hydroxyl groups is 2. The van der Waals surface area contributed by atoms with E-state index < -0.39 is 28.9 Å². The van der Waals surface area contributed by atoms with Gasteiger partial charge in [0.15, 0.2) is 0 Å². The van der Waals surface area contributed by atoms with Gasteiger partial charge < -0.3 is 29.5 Å². The molecule has 7 nitrogen and oxygen atoms in total. The van der Waals surface area contributed by atoms with E-state index in [0.29, 0.717) is 62.5 Å². The van der Waals surface area contributed by atoms with Crippen molar-refractivity contribution in [1.82, 2.24) is 0 Å². The minimum absolute atomic E-state index is 0.106. The monoisotopic (exact) mass is 534 g/mol. The molecule has 3 aliphatic rings. The molecule has 2 saturated carbocycles. The Bertz CT molecular complexity index is 970. The van der Waals surface area contributed by atoms with E-state index in [0.717, 1.165) is 31.3 Å². The lowest BCUT2D eigenvalue weighted by Crippen LogP contribution is -2.39. The van der Waals surface area contributed by atoms with Crippen molar-refractivity contribution in [3.63, 3.8) is 0 Å². The maximum atomic E-state index is 11.7. The average Bonchev–Trinajstić information content (AvgIpc) is 3.62. The van der Waals surface area contributed by atoms with Crippen molar-refractivity contribution in [2.45, 2.75) is 87.6 Å². The summed E-state index contributed by atoms with van der Waals surface area (Å²) in [4.78, 5) is 11.7. The molecule has 3 fully saturated rings. The summed E-state index contributed by atoms with van der Waals surface area (Å²) in [5.41, 5.74) is -1.11. The summed E-state index contributed by atoms with van der Waals surface area (Å²) in [6, 6.07) is 7.15. The summed E-state index contributed by atoms with van der Waals surface area (Å²) in [7, 11) is 0. The van der Waals surface area contributed by atoms with Crippen LogP contribution < -0.4 is 4.74 Å². The zero-order chi connectivity index (χ0) is 26.4. The Kier molecular flexibility index (Phi) is 9.35. The lowest BCUT2D eigenvalue weighted by atomic mass is 9.75. The topological polar surface area (TPSA) is 105 Å². The molecule has 1 unspecified atom stereocenters. The lowest BCUT2D eigenvalue weighted by Gasteiger charge is -2.36. The predicted molar refractivity (Wildman–Crippen MR) is 141 cm³/mol. The second kappa shape index (κ2) is 12.3. The SMILES string of the molecule is O=C(O)CC(C/C(=C/C/C=C/C1(COc2cccc(Cl)c2)OCCO1)C1(O)CCCC1)C1(O)CCCC1. The van der Waals surface area contributed by atoms with Crippen molar-refractivity contribution in [2.24, 2.45) is 5.92 Å². The molecule has 4 rings (SSSR count). The van der Waals surface area contributed by atoms with Gasteiger partial charge in [0.25, 0.3) is 0 Å². The van der Waals surface area contributed by atoms with Gasteiger partial charge in [-0.2, -0.15) is 0 Å². The van der Waals surface area contributed by atoms with Crippen LogP contribution in [0, 0.1) is 5.92 Å². The number of ether oxygens (including phenoxy) is 3. The summed E-state index contributed by atoms with van der Waals surface area (Å²) in [6.45, 7) is 1.08. The van der Waals surface area contributed by atoms with Gasteiger partial charge in [-0.25, -0.2) is 0 Å². The molecular weight excluding hydrogens is 496 g/mol. The smallest absolute Gasteiger partial charge is 0.303 e. The van der Waals surface area contributed by atoms with E-state index in [1.54, 1.807) is 12.1 Å². The highest BCUT2D eigenvalue weighted by molar-refractivity contribution is 6.30. The Morgan fingerprint density at radius 3 is 2.38 bits per heavy atom. The molecule has 1 heterocycles. The van der Waals surface area contributed by atoms with Crippen LogP contribution in [0.15, 0.2) is 48.1 Å². The van der Waals surface area contributed by atoms with Crippen LogP contribution >= 0.6 is 11.6 Å². The highest BCUT2D eigenvalue weighted by Gasteiger charge is 2.44. The molecule has 8 heteroatoms. The Labute approximate surface area is 224 Å². The van der Waals surface area contributed by atoms with Gasteiger partial charge >= 0.3 is 5.97 Å². The van der Waals surface area contributed by atoms with E-state index in [9.17, 15) is 20.1 Å². The fraction of sp³-hybridized carbons (Fsp3) is 0.621. The molecule has 2 aliphatic carbocycles. The number of carboxylic acids is 1. The quantitative estimate of drug-likeness (QED) is 0.307. The average molecular weight is 535 g/mol. The molecule has 1 atom stereocenters.